The van der Waals surface area contributed by atoms with Crippen molar-refractivity contribution in [3.8, 4) is 0 Å². The Balaban J connectivity index is 1.91. The van der Waals surface area contributed by atoms with Gasteiger partial charge in [0, 0.05) is 30.7 Å². The molecule has 7 heteroatoms. The monoisotopic (exact) mass is 457 g/mol. The van der Waals surface area contributed by atoms with Gasteiger partial charge in [0.05, 0.1) is 0 Å². The lowest BCUT2D eigenvalue weighted by Gasteiger charge is -2.32. The molecule has 28 heavy (non-hydrogen) atoms. The van der Waals surface area contributed by atoms with Crippen molar-refractivity contribution in [2.24, 2.45) is 0 Å². The minimum Gasteiger partial charge on any atom is -0.341 e. The molecular formula is C21H20BrN3O2S. The van der Waals surface area contributed by atoms with Crippen molar-refractivity contribution >= 4 is 50.8 Å². The summed E-state index contributed by atoms with van der Waals surface area (Å²) in [4.78, 5) is 28.7. The van der Waals surface area contributed by atoms with E-state index in [9.17, 15) is 9.59 Å². The number of halogens is 1. The second-order valence-corrected chi connectivity index (χ2v) is 8.47. The topological polar surface area (TPSA) is 52.7 Å². The van der Waals surface area contributed by atoms with E-state index in [2.05, 4.69) is 21.2 Å². The average molecular weight is 458 g/mol. The van der Waals surface area contributed by atoms with Crippen LogP contribution in [0.4, 0.5) is 5.69 Å². The van der Waals surface area contributed by atoms with Gasteiger partial charge in [0.25, 0.3) is 5.91 Å². The van der Waals surface area contributed by atoms with Gasteiger partial charge in [-0.1, -0.05) is 40.2 Å². The Hall–Kier alpha value is -2.25. The molecule has 0 spiro atoms. The van der Waals surface area contributed by atoms with Gasteiger partial charge >= 0.3 is 0 Å². The smallest absolute Gasteiger partial charge is 0.263 e. The number of nitrogens with zero attached hydrogens (tertiary/aromatic N) is 2. The quantitative estimate of drug-likeness (QED) is 0.702. The molecule has 0 aromatic heterocycles. The maximum absolute atomic E-state index is 13.4. The van der Waals surface area contributed by atoms with Gasteiger partial charge in [-0.2, -0.15) is 0 Å². The standard InChI is InChI=1S/C21H20BrN3O2S/c1-13(26)25-10-4-5-14-11-16(8-9-18(14)25)21(15-6-3-7-17(22)12-15)19(27)24(2)20(28)23-21/h3,6-9,11-12H,4-5,10H2,1-2H3,(H,23,28). The number of amides is 2. The number of hydrogen-bond acceptors (Lipinski definition) is 3. The van der Waals surface area contributed by atoms with Gasteiger partial charge in [0.2, 0.25) is 5.91 Å². The van der Waals surface area contributed by atoms with E-state index in [1.807, 2.05) is 42.5 Å². The maximum Gasteiger partial charge on any atom is 0.263 e. The van der Waals surface area contributed by atoms with Crippen LogP contribution in [0.1, 0.15) is 30.0 Å². The molecule has 0 saturated carbocycles. The first-order valence-corrected chi connectivity index (χ1v) is 10.3. The minimum atomic E-state index is -1.08. The zero-order chi connectivity index (χ0) is 20.1. The lowest BCUT2D eigenvalue weighted by molar-refractivity contribution is -0.129. The molecule has 1 fully saturated rings. The first-order chi connectivity index (χ1) is 13.3. The van der Waals surface area contributed by atoms with Crippen molar-refractivity contribution in [3.63, 3.8) is 0 Å². The Morgan fingerprint density at radius 2 is 1.96 bits per heavy atom. The highest BCUT2D eigenvalue weighted by Crippen LogP contribution is 2.39. The highest BCUT2D eigenvalue weighted by atomic mass is 79.9. The molecule has 144 valence electrons. The van der Waals surface area contributed by atoms with E-state index < -0.39 is 5.54 Å². The number of nitrogens with one attached hydrogen (secondary N) is 1. The fraction of sp³-hybridized carbons (Fsp3) is 0.286. The molecule has 1 unspecified atom stereocenters. The number of likely N-dealkylation sites (N-methyl/N-ethyl adjacent to an activating group) is 1. The molecule has 0 radical (unpaired) electrons. The summed E-state index contributed by atoms with van der Waals surface area (Å²) in [5.74, 6) is -0.0823. The molecule has 2 aromatic rings. The number of fused-ring (bicyclic) bond motifs is 1. The molecule has 2 aromatic carbocycles. The zero-order valence-electron chi connectivity index (χ0n) is 15.7. The molecule has 2 aliphatic rings. The predicted molar refractivity (Wildman–Crippen MR) is 116 cm³/mol. The van der Waals surface area contributed by atoms with Gasteiger partial charge in [-0.25, -0.2) is 0 Å². The van der Waals surface area contributed by atoms with Crippen molar-refractivity contribution in [1.29, 1.82) is 0 Å². The van der Waals surface area contributed by atoms with Crippen molar-refractivity contribution < 1.29 is 9.59 Å². The molecular weight excluding hydrogens is 438 g/mol. The Morgan fingerprint density at radius 3 is 2.61 bits per heavy atom. The van der Waals surface area contributed by atoms with Crippen LogP contribution in [0.5, 0.6) is 0 Å². The fourth-order valence-corrected chi connectivity index (χ4v) is 4.71. The van der Waals surface area contributed by atoms with Gasteiger partial charge in [-0.15, -0.1) is 0 Å². The number of benzene rings is 2. The first-order valence-electron chi connectivity index (χ1n) is 9.12. The molecule has 1 saturated heterocycles. The Morgan fingerprint density at radius 1 is 1.21 bits per heavy atom. The van der Waals surface area contributed by atoms with Crippen LogP contribution in [0.2, 0.25) is 0 Å². The lowest BCUT2D eigenvalue weighted by Crippen LogP contribution is -2.45. The number of aryl methyl sites for hydroxylation is 1. The van der Waals surface area contributed by atoms with Crippen LogP contribution in [-0.2, 0) is 21.5 Å². The van der Waals surface area contributed by atoms with Gasteiger partial charge < -0.3 is 10.2 Å². The average Bonchev–Trinajstić information content (AvgIpc) is 2.92. The fourth-order valence-electron chi connectivity index (χ4n) is 4.08. The van der Waals surface area contributed by atoms with Crippen LogP contribution in [-0.4, -0.2) is 35.4 Å². The normalized spacial score (nSPS) is 21.5. The van der Waals surface area contributed by atoms with Gasteiger partial charge in [-0.05, 0) is 59.9 Å². The number of carbonyl (C=O) groups is 2. The van der Waals surface area contributed by atoms with E-state index in [0.29, 0.717) is 5.11 Å². The summed E-state index contributed by atoms with van der Waals surface area (Å²) in [7, 11) is 1.69. The summed E-state index contributed by atoms with van der Waals surface area (Å²) in [6, 6.07) is 13.6. The number of anilines is 1. The van der Waals surface area contributed by atoms with Crippen LogP contribution in [0.3, 0.4) is 0 Å². The largest absolute Gasteiger partial charge is 0.341 e. The third-order valence-corrected chi connectivity index (χ3v) is 6.36. The van der Waals surface area contributed by atoms with Crippen LogP contribution in [0, 0.1) is 0 Å². The van der Waals surface area contributed by atoms with Gasteiger partial charge in [0.15, 0.2) is 10.7 Å². The van der Waals surface area contributed by atoms with E-state index in [1.54, 1.807) is 18.9 Å². The second-order valence-electron chi connectivity index (χ2n) is 7.17. The predicted octanol–water partition coefficient (Wildman–Crippen LogP) is 3.34. The van der Waals surface area contributed by atoms with E-state index in [0.717, 1.165) is 46.2 Å². The molecule has 2 heterocycles. The van der Waals surface area contributed by atoms with Crippen molar-refractivity contribution in [3.05, 3.63) is 63.6 Å². The number of carbonyl (C=O) groups excluding carboxylic acids is 2. The highest BCUT2D eigenvalue weighted by Gasteiger charge is 2.51. The summed E-state index contributed by atoms with van der Waals surface area (Å²) in [6.45, 7) is 2.31. The third kappa shape index (κ3) is 2.84. The van der Waals surface area contributed by atoms with Crippen molar-refractivity contribution in [2.45, 2.75) is 25.3 Å². The zero-order valence-corrected chi connectivity index (χ0v) is 18.1. The summed E-state index contributed by atoms with van der Waals surface area (Å²) >= 11 is 8.91. The number of rotatable bonds is 2. The van der Waals surface area contributed by atoms with Gasteiger partial charge in [0.1, 0.15) is 0 Å². The maximum atomic E-state index is 13.4. The molecule has 2 aliphatic heterocycles. The van der Waals surface area contributed by atoms with Crippen LogP contribution < -0.4 is 10.2 Å². The Bertz CT molecular complexity index is 1010. The lowest BCUT2D eigenvalue weighted by atomic mass is 9.81. The highest BCUT2D eigenvalue weighted by molar-refractivity contribution is 9.10. The Kier molecular flexibility index (Phi) is 4.75. The second kappa shape index (κ2) is 6.97. The van der Waals surface area contributed by atoms with Crippen LogP contribution >= 0.6 is 28.1 Å². The molecule has 1 atom stereocenters. The van der Waals surface area contributed by atoms with E-state index in [1.165, 1.54) is 4.90 Å². The van der Waals surface area contributed by atoms with E-state index in [-0.39, 0.29) is 11.8 Å². The molecule has 5 nitrogen and oxygen atoms in total. The summed E-state index contributed by atoms with van der Waals surface area (Å²) < 4.78 is 0.889. The molecule has 4 rings (SSSR count). The summed E-state index contributed by atoms with van der Waals surface area (Å²) in [5, 5.41) is 3.67. The summed E-state index contributed by atoms with van der Waals surface area (Å²) in [5.41, 5.74) is 2.56. The van der Waals surface area contributed by atoms with Crippen LogP contribution in [0.25, 0.3) is 0 Å². The summed E-state index contributed by atoms with van der Waals surface area (Å²) in [6.07, 6.45) is 1.77. The minimum absolute atomic E-state index is 0.0337. The Labute approximate surface area is 177 Å². The third-order valence-electron chi connectivity index (χ3n) is 5.49. The molecule has 2 amide bonds. The van der Waals surface area contributed by atoms with E-state index >= 15 is 0 Å². The molecule has 0 aliphatic carbocycles. The number of thiocarbonyl (C=S) groups is 1. The SMILES string of the molecule is CC(=O)N1CCCc2cc(C3(c4cccc(Br)c4)NC(=S)N(C)C3=O)ccc21. The van der Waals surface area contributed by atoms with Crippen molar-refractivity contribution in [2.75, 3.05) is 18.5 Å². The molecule has 1 N–H and O–H groups in total. The van der Waals surface area contributed by atoms with Crippen molar-refractivity contribution in [1.82, 2.24) is 10.2 Å². The first kappa shape index (κ1) is 19.1. The van der Waals surface area contributed by atoms with Gasteiger partial charge in [-0.3, -0.25) is 14.5 Å². The van der Waals surface area contributed by atoms with E-state index in [4.69, 9.17) is 12.2 Å². The van der Waals surface area contributed by atoms with Crippen LogP contribution in [0.15, 0.2) is 46.9 Å². The molecule has 0 bridgehead atoms. The number of hydrogen-bond donors (Lipinski definition) is 1.